The summed E-state index contributed by atoms with van der Waals surface area (Å²) in [6, 6.07) is 10.5. The molecule has 0 atom stereocenters. The fourth-order valence-corrected chi connectivity index (χ4v) is 3.65. The van der Waals surface area contributed by atoms with Gasteiger partial charge in [0.05, 0.1) is 4.91 Å². The van der Waals surface area contributed by atoms with Crippen LogP contribution in [-0.4, -0.2) is 41.7 Å². The molecule has 0 aromatic heterocycles. The number of hydrogen-bond donors (Lipinski definition) is 1. The van der Waals surface area contributed by atoms with Crippen molar-refractivity contribution in [3.05, 3.63) is 58.8 Å². The molecule has 148 valence electrons. The maximum atomic E-state index is 13.0. The monoisotopic (exact) mass is 414 g/mol. The van der Waals surface area contributed by atoms with Gasteiger partial charge in [0, 0.05) is 11.8 Å². The van der Waals surface area contributed by atoms with Gasteiger partial charge in [-0.05, 0) is 47.7 Å². The fraction of sp³-hybridized carbons (Fsp3) is 0.150. The Balaban J connectivity index is 1.42. The van der Waals surface area contributed by atoms with Crippen molar-refractivity contribution in [2.24, 2.45) is 0 Å². The molecule has 4 rings (SSSR count). The van der Waals surface area contributed by atoms with E-state index in [1.54, 1.807) is 18.2 Å². The number of imide groups is 1. The Bertz CT molecular complexity index is 1020. The summed E-state index contributed by atoms with van der Waals surface area (Å²) in [6.45, 7) is 0.463. The lowest BCUT2D eigenvalue weighted by Gasteiger charge is -2.19. The summed E-state index contributed by atoms with van der Waals surface area (Å²) < 4.78 is 23.9. The number of carbonyl (C=O) groups is 3. The Morgan fingerprint density at radius 1 is 1.10 bits per heavy atom. The quantitative estimate of drug-likeness (QED) is 0.773. The molecule has 9 heteroatoms. The minimum Gasteiger partial charge on any atom is -0.486 e. The lowest BCUT2D eigenvalue weighted by molar-refractivity contribution is -0.127. The van der Waals surface area contributed by atoms with Crippen molar-refractivity contribution in [1.29, 1.82) is 0 Å². The van der Waals surface area contributed by atoms with Crippen LogP contribution >= 0.6 is 11.8 Å². The second-order valence-electron chi connectivity index (χ2n) is 6.23. The highest BCUT2D eigenvalue weighted by Gasteiger charge is 2.36. The second-order valence-corrected chi connectivity index (χ2v) is 7.22. The Hall–Kier alpha value is -3.33. The molecule has 2 aliphatic rings. The first kappa shape index (κ1) is 19.0. The molecule has 1 N–H and O–H groups in total. The number of benzene rings is 2. The third-order valence-electron chi connectivity index (χ3n) is 4.17. The lowest BCUT2D eigenvalue weighted by atomic mass is 10.2. The average molecular weight is 414 g/mol. The molecule has 1 saturated heterocycles. The molecular formula is C20H15FN2O5S. The zero-order valence-corrected chi connectivity index (χ0v) is 15.8. The van der Waals surface area contributed by atoms with Crippen LogP contribution in [0, 0.1) is 5.82 Å². The largest absolute Gasteiger partial charge is 0.486 e. The number of anilines is 1. The van der Waals surface area contributed by atoms with Crippen molar-refractivity contribution in [3.63, 3.8) is 0 Å². The molecule has 0 bridgehead atoms. The molecule has 2 aromatic rings. The second kappa shape index (κ2) is 7.96. The van der Waals surface area contributed by atoms with Crippen LogP contribution in [0.25, 0.3) is 6.08 Å². The first-order valence-electron chi connectivity index (χ1n) is 8.70. The van der Waals surface area contributed by atoms with Gasteiger partial charge >= 0.3 is 0 Å². The molecule has 0 radical (unpaired) electrons. The van der Waals surface area contributed by atoms with Crippen molar-refractivity contribution in [3.8, 4) is 11.5 Å². The van der Waals surface area contributed by atoms with Crippen molar-refractivity contribution in [1.82, 2.24) is 4.90 Å². The number of fused-ring (bicyclic) bond motifs is 1. The van der Waals surface area contributed by atoms with Crippen molar-refractivity contribution < 1.29 is 28.2 Å². The number of nitrogens with zero attached hydrogens (tertiary/aromatic N) is 1. The summed E-state index contributed by atoms with van der Waals surface area (Å²) in [6.07, 6.45) is 1.49. The van der Waals surface area contributed by atoms with E-state index in [0.29, 0.717) is 36.0 Å². The van der Waals surface area contributed by atoms with Gasteiger partial charge in [-0.25, -0.2) is 4.39 Å². The number of thioether (sulfide) groups is 1. The Labute approximate surface area is 169 Å². The molecule has 0 spiro atoms. The van der Waals surface area contributed by atoms with Gasteiger partial charge in [0.25, 0.3) is 11.1 Å². The van der Waals surface area contributed by atoms with Gasteiger partial charge in [0.15, 0.2) is 11.5 Å². The summed E-state index contributed by atoms with van der Waals surface area (Å²) in [4.78, 5) is 38.0. The molecule has 0 unspecified atom stereocenters. The summed E-state index contributed by atoms with van der Waals surface area (Å²) in [5.41, 5.74) is 1.05. The van der Waals surface area contributed by atoms with Crippen molar-refractivity contribution >= 4 is 40.6 Å². The Morgan fingerprint density at radius 2 is 1.83 bits per heavy atom. The van der Waals surface area contributed by atoms with Crippen LogP contribution in [0.4, 0.5) is 14.9 Å². The third kappa shape index (κ3) is 4.24. The van der Waals surface area contributed by atoms with Crippen LogP contribution in [0.3, 0.4) is 0 Å². The van der Waals surface area contributed by atoms with Gasteiger partial charge in [-0.1, -0.05) is 12.1 Å². The van der Waals surface area contributed by atoms with Crippen molar-refractivity contribution in [2.45, 2.75) is 0 Å². The number of rotatable bonds is 4. The smallest absolute Gasteiger partial charge is 0.294 e. The number of halogens is 1. The molecule has 7 nitrogen and oxygen atoms in total. The van der Waals surface area contributed by atoms with E-state index in [0.717, 1.165) is 16.7 Å². The highest BCUT2D eigenvalue weighted by atomic mass is 32.2. The maximum absolute atomic E-state index is 13.0. The van der Waals surface area contributed by atoms with E-state index in [-0.39, 0.29) is 4.91 Å². The van der Waals surface area contributed by atoms with Crippen LogP contribution in [0.15, 0.2) is 47.4 Å². The zero-order valence-electron chi connectivity index (χ0n) is 15.0. The number of nitrogens with one attached hydrogen (secondary N) is 1. The molecule has 29 heavy (non-hydrogen) atoms. The Kier molecular flexibility index (Phi) is 5.22. The minimum absolute atomic E-state index is 0.175. The standard InChI is InChI=1S/C20H15FN2O5S/c21-13-3-1-12(2-4-13)9-17-19(25)23(20(26)29-17)11-18(24)22-14-5-6-15-16(10-14)28-8-7-27-15/h1-6,9-10H,7-8,11H2,(H,22,24)/b17-9+. The van der Waals surface area contributed by atoms with Gasteiger partial charge < -0.3 is 14.8 Å². The van der Waals surface area contributed by atoms with E-state index in [4.69, 9.17) is 9.47 Å². The van der Waals surface area contributed by atoms with Crippen LogP contribution < -0.4 is 14.8 Å². The van der Waals surface area contributed by atoms with Crippen molar-refractivity contribution in [2.75, 3.05) is 25.1 Å². The van der Waals surface area contributed by atoms with Crippen LogP contribution in [0.2, 0.25) is 0 Å². The predicted molar refractivity (Wildman–Crippen MR) is 105 cm³/mol. The number of ether oxygens (including phenoxy) is 2. The normalized spacial score (nSPS) is 17.0. The number of hydrogen-bond acceptors (Lipinski definition) is 6. The van der Waals surface area contributed by atoms with Crippen LogP contribution in [0.5, 0.6) is 11.5 Å². The highest BCUT2D eigenvalue weighted by molar-refractivity contribution is 8.18. The third-order valence-corrected chi connectivity index (χ3v) is 5.08. The summed E-state index contributed by atoms with van der Waals surface area (Å²) in [5, 5.41) is 2.10. The molecule has 3 amide bonds. The van der Waals surface area contributed by atoms with E-state index < -0.39 is 29.4 Å². The molecule has 2 heterocycles. The molecule has 2 aliphatic heterocycles. The highest BCUT2D eigenvalue weighted by Crippen LogP contribution is 2.34. The first-order chi connectivity index (χ1) is 14.0. The summed E-state index contributed by atoms with van der Waals surface area (Å²) in [5.74, 6) is -0.381. The van der Waals surface area contributed by atoms with E-state index in [1.165, 1.54) is 30.3 Å². The molecule has 0 aliphatic carbocycles. The minimum atomic E-state index is -0.568. The van der Waals surface area contributed by atoms with E-state index >= 15 is 0 Å². The number of amides is 3. The number of carbonyl (C=O) groups excluding carboxylic acids is 3. The Morgan fingerprint density at radius 3 is 2.59 bits per heavy atom. The fourth-order valence-electron chi connectivity index (χ4n) is 2.81. The van der Waals surface area contributed by atoms with Gasteiger partial charge in [-0.15, -0.1) is 0 Å². The zero-order chi connectivity index (χ0) is 20.4. The molecular weight excluding hydrogens is 399 g/mol. The predicted octanol–water partition coefficient (Wildman–Crippen LogP) is 3.27. The maximum Gasteiger partial charge on any atom is 0.294 e. The van der Waals surface area contributed by atoms with E-state index in [9.17, 15) is 18.8 Å². The average Bonchev–Trinajstić information content (AvgIpc) is 2.97. The molecule has 0 saturated carbocycles. The molecule has 2 aromatic carbocycles. The SMILES string of the molecule is O=C(CN1C(=O)S/C(=C/c2ccc(F)cc2)C1=O)Nc1ccc2c(c1)OCCO2. The molecule has 1 fully saturated rings. The lowest BCUT2D eigenvalue weighted by Crippen LogP contribution is -2.36. The van der Waals surface area contributed by atoms with Gasteiger partial charge in [0.2, 0.25) is 5.91 Å². The van der Waals surface area contributed by atoms with Gasteiger partial charge in [-0.3, -0.25) is 19.3 Å². The van der Waals surface area contributed by atoms with Gasteiger partial charge in [0.1, 0.15) is 25.6 Å². The topological polar surface area (TPSA) is 84.9 Å². The van der Waals surface area contributed by atoms with E-state index in [1.807, 2.05) is 0 Å². The van der Waals surface area contributed by atoms with Crippen LogP contribution in [0.1, 0.15) is 5.56 Å². The first-order valence-corrected chi connectivity index (χ1v) is 9.52. The van der Waals surface area contributed by atoms with Gasteiger partial charge in [-0.2, -0.15) is 0 Å². The van der Waals surface area contributed by atoms with Crippen LogP contribution in [-0.2, 0) is 9.59 Å². The summed E-state index contributed by atoms with van der Waals surface area (Å²) in [7, 11) is 0. The van der Waals surface area contributed by atoms with E-state index in [2.05, 4.69) is 5.32 Å². The summed E-state index contributed by atoms with van der Waals surface area (Å²) >= 11 is 0.736.